The van der Waals surface area contributed by atoms with E-state index in [1.54, 1.807) is 18.7 Å². The molecule has 2 nitrogen and oxygen atoms in total. The number of thioether (sulfide) groups is 1. The number of aromatic nitrogens is 1. The molecule has 3 heteroatoms. The lowest BCUT2D eigenvalue weighted by atomic mass is 10.2. The van der Waals surface area contributed by atoms with Crippen molar-refractivity contribution in [1.29, 1.82) is 0 Å². The SMILES string of the molecule is CC(=O)c1ccc(SCc2cncc(C)c2)cc1. The third kappa shape index (κ3) is 3.44. The fraction of sp³-hybridized carbons (Fsp3) is 0.200. The number of aryl methyl sites for hydroxylation is 1. The molecule has 0 saturated heterocycles. The molecule has 1 aromatic carbocycles. The highest BCUT2D eigenvalue weighted by Crippen LogP contribution is 2.23. The van der Waals surface area contributed by atoms with Crippen LogP contribution in [-0.2, 0) is 5.75 Å². The first-order valence-corrected chi connectivity index (χ1v) is 6.78. The molecular formula is C15H15NOS. The second kappa shape index (κ2) is 5.83. The van der Waals surface area contributed by atoms with Crippen molar-refractivity contribution in [1.82, 2.24) is 4.98 Å². The average Bonchev–Trinajstić information content (AvgIpc) is 2.37. The van der Waals surface area contributed by atoms with Crippen molar-refractivity contribution in [3.8, 4) is 0 Å². The van der Waals surface area contributed by atoms with Crippen molar-refractivity contribution in [3.05, 3.63) is 59.4 Å². The topological polar surface area (TPSA) is 30.0 Å². The number of nitrogens with zero attached hydrogens (tertiary/aromatic N) is 1. The van der Waals surface area contributed by atoms with Gasteiger partial charge in [-0.15, -0.1) is 11.8 Å². The van der Waals surface area contributed by atoms with Crippen LogP contribution in [0.15, 0.2) is 47.6 Å². The van der Waals surface area contributed by atoms with E-state index < -0.39 is 0 Å². The molecule has 0 aliphatic heterocycles. The molecule has 1 heterocycles. The minimum atomic E-state index is 0.106. The highest BCUT2D eigenvalue weighted by Gasteiger charge is 2.00. The monoisotopic (exact) mass is 257 g/mol. The smallest absolute Gasteiger partial charge is 0.159 e. The largest absolute Gasteiger partial charge is 0.295 e. The Morgan fingerprint density at radius 3 is 2.56 bits per heavy atom. The molecule has 0 bridgehead atoms. The summed E-state index contributed by atoms with van der Waals surface area (Å²) in [6.07, 6.45) is 3.75. The van der Waals surface area contributed by atoms with E-state index >= 15 is 0 Å². The Morgan fingerprint density at radius 2 is 1.94 bits per heavy atom. The molecule has 92 valence electrons. The zero-order valence-electron chi connectivity index (χ0n) is 10.5. The van der Waals surface area contributed by atoms with Crippen LogP contribution in [0, 0.1) is 6.92 Å². The summed E-state index contributed by atoms with van der Waals surface area (Å²) in [5.74, 6) is 1.00. The van der Waals surface area contributed by atoms with Crippen LogP contribution in [0.4, 0.5) is 0 Å². The Balaban J connectivity index is 2.00. The van der Waals surface area contributed by atoms with Crippen molar-refractivity contribution >= 4 is 17.5 Å². The number of ketones is 1. The van der Waals surface area contributed by atoms with Crippen LogP contribution in [0.5, 0.6) is 0 Å². The van der Waals surface area contributed by atoms with E-state index in [4.69, 9.17) is 0 Å². The first-order valence-electron chi connectivity index (χ1n) is 5.79. The van der Waals surface area contributed by atoms with E-state index in [9.17, 15) is 4.79 Å². The molecule has 0 aliphatic rings. The molecule has 0 radical (unpaired) electrons. The highest BCUT2D eigenvalue weighted by atomic mass is 32.2. The first-order chi connectivity index (χ1) is 8.65. The summed E-state index contributed by atoms with van der Waals surface area (Å²) in [6, 6.07) is 9.87. The van der Waals surface area contributed by atoms with Gasteiger partial charge in [-0.25, -0.2) is 0 Å². The van der Waals surface area contributed by atoms with E-state index in [0.29, 0.717) is 0 Å². The van der Waals surface area contributed by atoms with E-state index in [1.165, 1.54) is 16.0 Å². The summed E-state index contributed by atoms with van der Waals surface area (Å²) in [4.78, 5) is 16.5. The van der Waals surface area contributed by atoms with E-state index in [-0.39, 0.29) is 5.78 Å². The van der Waals surface area contributed by atoms with Gasteiger partial charge in [0.2, 0.25) is 0 Å². The summed E-state index contributed by atoms with van der Waals surface area (Å²) in [5.41, 5.74) is 3.16. The van der Waals surface area contributed by atoms with Crippen LogP contribution in [-0.4, -0.2) is 10.8 Å². The van der Waals surface area contributed by atoms with Crippen LogP contribution >= 0.6 is 11.8 Å². The lowest BCUT2D eigenvalue weighted by Gasteiger charge is -2.03. The number of carbonyl (C=O) groups excluding carboxylic acids is 1. The molecule has 0 amide bonds. The molecule has 0 N–H and O–H groups in total. The summed E-state index contributed by atoms with van der Waals surface area (Å²) in [6.45, 7) is 3.63. The molecule has 0 atom stereocenters. The maximum atomic E-state index is 11.2. The van der Waals surface area contributed by atoms with E-state index in [0.717, 1.165) is 11.3 Å². The highest BCUT2D eigenvalue weighted by molar-refractivity contribution is 7.98. The summed E-state index contributed by atoms with van der Waals surface area (Å²) in [7, 11) is 0. The van der Waals surface area contributed by atoms with Crippen LogP contribution < -0.4 is 0 Å². The molecule has 0 unspecified atom stereocenters. The van der Waals surface area contributed by atoms with Gasteiger partial charge >= 0.3 is 0 Å². The number of hydrogen-bond donors (Lipinski definition) is 0. The summed E-state index contributed by atoms with van der Waals surface area (Å²) >= 11 is 1.75. The molecule has 2 aromatic rings. The summed E-state index contributed by atoms with van der Waals surface area (Å²) < 4.78 is 0. The van der Waals surface area contributed by atoms with Gasteiger partial charge in [-0.1, -0.05) is 18.2 Å². The van der Waals surface area contributed by atoms with E-state index in [1.807, 2.05) is 43.6 Å². The average molecular weight is 257 g/mol. The molecule has 0 spiro atoms. The fourth-order valence-corrected chi connectivity index (χ4v) is 2.47. The molecular weight excluding hydrogens is 242 g/mol. The number of rotatable bonds is 4. The van der Waals surface area contributed by atoms with Gasteiger partial charge in [-0.05, 0) is 37.1 Å². The second-order valence-electron chi connectivity index (χ2n) is 4.24. The van der Waals surface area contributed by atoms with Crippen molar-refractivity contribution < 1.29 is 4.79 Å². The number of pyridine rings is 1. The van der Waals surface area contributed by atoms with Crippen molar-refractivity contribution in [2.45, 2.75) is 24.5 Å². The normalized spacial score (nSPS) is 10.3. The summed E-state index contributed by atoms with van der Waals surface area (Å²) in [5, 5.41) is 0. The van der Waals surface area contributed by atoms with Gasteiger partial charge in [-0.2, -0.15) is 0 Å². The lowest BCUT2D eigenvalue weighted by Crippen LogP contribution is -1.90. The van der Waals surface area contributed by atoms with Crippen LogP contribution in [0.1, 0.15) is 28.4 Å². The van der Waals surface area contributed by atoms with Crippen LogP contribution in [0.3, 0.4) is 0 Å². The van der Waals surface area contributed by atoms with Crippen molar-refractivity contribution in [2.75, 3.05) is 0 Å². The fourth-order valence-electron chi connectivity index (χ4n) is 1.65. The van der Waals surface area contributed by atoms with Crippen LogP contribution in [0.2, 0.25) is 0 Å². The maximum absolute atomic E-state index is 11.2. The number of hydrogen-bond acceptors (Lipinski definition) is 3. The molecule has 0 saturated carbocycles. The van der Waals surface area contributed by atoms with Crippen molar-refractivity contribution in [3.63, 3.8) is 0 Å². The Bertz CT molecular complexity index is 549. The predicted octanol–water partition coefficient (Wildman–Crippen LogP) is 3.88. The second-order valence-corrected chi connectivity index (χ2v) is 5.29. The van der Waals surface area contributed by atoms with Gasteiger partial charge in [0, 0.05) is 28.6 Å². The zero-order chi connectivity index (χ0) is 13.0. The van der Waals surface area contributed by atoms with Gasteiger partial charge in [-0.3, -0.25) is 9.78 Å². The lowest BCUT2D eigenvalue weighted by molar-refractivity contribution is 0.101. The Morgan fingerprint density at radius 1 is 1.22 bits per heavy atom. The minimum absolute atomic E-state index is 0.106. The van der Waals surface area contributed by atoms with E-state index in [2.05, 4.69) is 11.1 Å². The molecule has 18 heavy (non-hydrogen) atoms. The standard InChI is InChI=1S/C15H15NOS/c1-11-7-13(9-16-8-11)10-18-15-5-3-14(4-6-15)12(2)17/h3-9H,10H2,1-2H3. The minimum Gasteiger partial charge on any atom is -0.295 e. The molecule has 2 rings (SSSR count). The first kappa shape index (κ1) is 12.8. The van der Waals surface area contributed by atoms with Gasteiger partial charge in [0.05, 0.1) is 0 Å². The van der Waals surface area contributed by atoms with Crippen molar-refractivity contribution in [2.24, 2.45) is 0 Å². The Labute approximate surface area is 111 Å². The molecule has 0 aliphatic carbocycles. The van der Waals surface area contributed by atoms with Gasteiger partial charge in [0.25, 0.3) is 0 Å². The molecule has 1 aromatic heterocycles. The van der Waals surface area contributed by atoms with Gasteiger partial charge < -0.3 is 0 Å². The number of benzene rings is 1. The van der Waals surface area contributed by atoms with Crippen LogP contribution in [0.25, 0.3) is 0 Å². The third-order valence-corrected chi connectivity index (χ3v) is 3.68. The Kier molecular flexibility index (Phi) is 4.15. The molecule has 0 fully saturated rings. The Hall–Kier alpha value is -1.61. The predicted molar refractivity (Wildman–Crippen MR) is 75.0 cm³/mol. The van der Waals surface area contributed by atoms with Gasteiger partial charge in [0.15, 0.2) is 5.78 Å². The maximum Gasteiger partial charge on any atom is 0.159 e. The van der Waals surface area contributed by atoms with Gasteiger partial charge in [0.1, 0.15) is 0 Å². The number of carbonyl (C=O) groups is 1. The quantitative estimate of drug-likeness (QED) is 0.615. The zero-order valence-corrected chi connectivity index (χ0v) is 11.3. The number of Topliss-reactive ketones (excluding diaryl/α,β-unsaturated/α-hetero) is 1. The third-order valence-electron chi connectivity index (χ3n) is 2.60.